The minimum atomic E-state index is -0.966. The molecule has 1 amide bonds. The van der Waals surface area contributed by atoms with Gasteiger partial charge in [0.1, 0.15) is 5.60 Å². The summed E-state index contributed by atoms with van der Waals surface area (Å²) in [6, 6.07) is 0. The fraction of sp³-hybridized carbons (Fsp3) is 0.643. The normalized spacial score (nSPS) is 18.3. The number of hydrogen-bond donors (Lipinski definition) is 1. The molecule has 118 valence electrons. The minimum absolute atomic E-state index is 0.0258. The standard InChI is InChI=1S/C14H21NO6/c1-5-20-12(18)11(17)9-8-15(7-6-10(9)16)13(19)21-14(2,3)4/h17H,5-8H2,1-4H3. The van der Waals surface area contributed by atoms with Crippen LogP contribution >= 0.6 is 0 Å². The topological polar surface area (TPSA) is 93.1 Å². The lowest BCUT2D eigenvalue weighted by Gasteiger charge is -2.30. The van der Waals surface area contributed by atoms with Crippen LogP contribution in [0, 0.1) is 0 Å². The molecule has 0 aromatic carbocycles. The van der Waals surface area contributed by atoms with Gasteiger partial charge < -0.3 is 19.5 Å². The van der Waals surface area contributed by atoms with E-state index in [9.17, 15) is 19.5 Å². The first-order valence-electron chi connectivity index (χ1n) is 6.76. The highest BCUT2D eigenvalue weighted by Crippen LogP contribution is 2.19. The van der Waals surface area contributed by atoms with Gasteiger partial charge in [0.15, 0.2) is 5.78 Å². The summed E-state index contributed by atoms with van der Waals surface area (Å²) in [5, 5.41) is 9.78. The summed E-state index contributed by atoms with van der Waals surface area (Å²) in [7, 11) is 0. The molecule has 7 nitrogen and oxygen atoms in total. The van der Waals surface area contributed by atoms with Crippen LogP contribution in [0.5, 0.6) is 0 Å². The molecule has 0 bridgehead atoms. The van der Waals surface area contributed by atoms with Crippen LogP contribution in [0.15, 0.2) is 11.3 Å². The van der Waals surface area contributed by atoms with Gasteiger partial charge in [0.05, 0.1) is 18.7 Å². The summed E-state index contributed by atoms with van der Waals surface area (Å²) in [5.74, 6) is -2.08. The number of likely N-dealkylation sites (tertiary alicyclic amines) is 1. The van der Waals surface area contributed by atoms with E-state index in [1.54, 1.807) is 27.7 Å². The molecule has 0 saturated carbocycles. The first-order chi connectivity index (χ1) is 9.65. The van der Waals surface area contributed by atoms with Gasteiger partial charge in [0.2, 0.25) is 5.76 Å². The first-order valence-corrected chi connectivity index (χ1v) is 6.76. The number of rotatable bonds is 2. The Balaban J connectivity index is 2.88. The second-order valence-electron chi connectivity index (χ2n) is 5.62. The van der Waals surface area contributed by atoms with Gasteiger partial charge in [-0.25, -0.2) is 9.59 Å². The molecule has 1 N–H and O–H groups in total. The van der Waals surface area contributed by atoms with Crippen LogP contribution < -0.4 is 0 Å². The van der Waals surface area contributed by atoms with E-state index in [4.69, 9.17) is 4.74 Å². The second-order valence-corrected chi connectivity index (χ2v) is 5.62. The molecular formula is C14H21NO6. The highest BCUT2D eigenvalue weighted by Gasteiger charge is 2.32. The summed E-state index contributed by atoms with van der Waals surface area (Å²) in [6.07, 6.45) is -0.568. The molecule has 0 spiro atoms. The Labute approximate surface area is 123 Å². The van der Waals surface area contributed by atoms with Gasteiger partial charge in [-0.2, -0.15) is 0 Å². The number of hydrogen-bond acceptors (Lipinski definition) is 6. The van der Waals surface area contributed by atoms with Crippen LogP contribution in [-0.4, -0.2) is 53.1 Å². The zero-order valence-electron chi connectivity index (χ0n) is 12.8. The van der Waals surface area contributed by atoms with Gasteiger partial charge in [-0.15, -0.1) is 0 Å². The van der Waals surface area contributed by atoms with Crippen LogP contribution in [-0.2, 0) is 19.1 Å². The number of carbonyl (C=O) groups is 3. The van der Waals surface area contributed by atoms with Crippen molar-refractivity contribution in [2.75, 3.05) is 19.7 Å². The van der Waals surface area contributed by atoms with Crippen LogP contribution in [0.2, 0.25) is 0 Å². The van der Waals surface area contributed by atoms with Crippen molar-refractivity contribution in [1.29, 1.82) is 0 Å². The quantitative estimate of drug-likeness (QED) is 0.472. The third-order valence-electron chi connectivity index (χ3n) is 2.70. The molecule has 1 aliphatic heterocycles. The fourth-order valence-corrected chi connectivity index (χ4v) is 1.76. The molecule has 0 aliphatic carbocycles. The molecule has 1 aliphatic rings. The number of Topliss-reactive ketones (excluding diaryl/α,β-unsaturated/α-hetero) is 1. The van der Waals surface area contributed by atoms with E-state index >= 15 is 0 Å². The van der Waals surface area contributed by atoms with Crippen molar-refractivity contribution in [2.24, 2.45) is 0 Å². The Morgan fingerprint density at radius 2 is 1.95 bits per heavy atom. The molecular weight excluding hydrogens is 278 g/mol. The second kappa shape index (κ2) is 6.60. The third-order valence-corrected chi connectivity index (χ3v) is 2.70. The lowest BCUT2D eigenvalue weighted by molar-refractivity contribution is -0.142. The number of esters is 1. The van der Waals surface area contributed by atoms with E-state index in [0.29, 0.717) is 0 Å². The lowest BCUT2D eigenvalue weighted by atomic mass is 10.0. The van der Waals surface area contributed by atoms with Gasteiger partial charge in [0, 0.05) is 13.0 Å². The van der Waals surface area contributed by atoms with Crippen LogP contribution in [0.25, 0.3) is 0 Å². The van der Waals surface area contributed by atoms with Crippen LogP contribution in [0.3, 0.4) is 0 Å². The number of nitrogens with zero attached hydrogens (tertiary/aromatic N) is 1. The number of ether oxygens (including phenoxy) is 2. The van der Waals surface area contributed by atoms with Gasteiger partial charge in [-0.3, -0.25) is 4.79 Å². The molecule has 0 radical (unpaired) electrons. The summed E-state index contributed by atoms with van der Waals surface area (Å²) >= 11 is 0. The van der Waals surface area contributed by atoms with Crippen molar-refractivity contribution in [3.63, 3.8) is 0 Å². The number of piperidine rings is 1. The lowest BCUT2D eigenvalue weighted by Crippen LogP contribution is -2.43. The molecule has 21 heavy (non-hydrogen) atoms. The summed E-state index contributed by atoms with van der Waals surface area (Å²) in [4.78, 5) is 36.5. The molecule has 0 unspecified atom stereocenters. The fourth-order valence-electron chi connectivity index (χ4n) is 1.76. The Morgan fingerprint density at radius 1 is 1.33 bits per heavy atom. The highest BCUT2D eigenvalue weighted by atomic mass is 16.6. The number of aliphatic hydroxyl groups is 1. The SMILES string of the molecule is CCOC(=O)C(O)=C1CN(C(=O)OC(C)(C)C)CCC1=O. The predicted octanol–water partition coefficient (Wildman–Crippen LogP) is 1.57. The van der Waals surface area contributed by atoms with E-state index in [1.165, 1.54) is 4.90 Å². The minimum Gasteiger partial charge on any atom is -0.501 e. The zero-order valence-corrected chi connectivity index (χ0v) is 12.8. The molecule has 0 aromatic rings. The van der Waals surface area contributed by atoms with E-state index in [2.05, 4.69) is 4.74 Å². The van der Waals surface area contributed by atoms with Crippen LogP contribution in [0.4, 0.5) is 4.79 Å². The van der Waals surface area contributed by atoms with E-state index < -0.39 is 23.4 Å². The van der Waals surface area contributed by atoms with Crippen LogP contribution in [0.1, 0.15) is 34.1 Å². The molecule has 1 rings (SSSR count). The smallest absolute Gasteiger partial charge is 0.410 e. The maximum Gasteiger partial charge on any atom is 0.410 e. The van der Waals surface area contributed by atoms with E-state index in [-0.39, 0.29) is 37.5 Å². The third kappa shape index (κ3) is 4.77. The number of carbonyl (C=O) groups excluding carboxylic acids is 3. The molecule has 1 fully saturated rings. The van der Waals surface area contributed by atoms with E-state index in [0.717, 1.165) is 0 Å². The van der Waals surface area contributed by atoms with Crippen molar-refractivity contribution in [1.82, 2.24) is 4.90 Å². The molecule has 0 aromatic heterocycles. The number of aliphatic hydroxyl groups excluding tert-OH is 1. The summed E-state index contributed by atoms with van der Waals surface area (Å²) in [6.45, 7) is 6.88. The van der Waals surface area contributed by atoms with Gasteiger partial charge in [-0.05, 0) is 27.7 Å². The van der Waals surface area contributed by atoms with Crippen molar-refractivity contribution < 1.29 is 29.0 Å². The van der Waals surface area contributed by atoms with Gasteiger partial charge in [-0.1, -0.05) is 0 Å². The van der Waals surface area contributed by atoms with Gasteiger partial charge in [0.25, 0.3) is 0 Å². The van der Waals surface area contributed by atoms with Crippen molar-refractivity contribution in [3.8, 4) is 0 Å². The maximum absolute atomic E-state index is 12.0. The van der Waals surface area contributed by atoms with E-state index in [1.807, 2.05) is 0 Å². The summed E-state index contributed by atoms with van der Waals surface area (Å²) in [5.41, 5.74) is -0.781. The average molecular weight is 299 g/mol. The Kier molecular flexibility index (Phi) is 5.34. The van der Waals surface area contributed by atoms with Crippen molar-refractivity contribution >= 4 is 17.8 Å². The Hall–Kier alpha value is -2.05. The zero-order chi connectivity index (χ0) is 16.2. The van der Waals surface area contributed by atoms with Gasteiger partial charge >= 0.3 is 12.1 Å². The molecule has 1 heterocycles. The number of ketones is 1. The molecule has 1 saturated heterocycles. The molecule has 0 atom stereocenters. The largest absolute Gasteiger partial charge is 0.501 e. The maximum atomic E-state index is 12.0. The number of amides is 1. The monoisotopic (exact) mass is 299 g/mol. The Bertz CT molecular complexity index is 474. The predicted molar refractivity (Wildman–Crippen MR) is 73.7 cm³/mol. The summed E-state index contributed by atoms with van der Waals surface area (Å²) < 4.78 is 9.85. The first kappa shape index (κ1) is 17.0. The highest BCUT2D eigenvalue weighted by molar-refractivity contribution is 6.04. The van der Waals surface area contributed by atoms with Crippen molar-refractivity contribution in [3.05, 3.63) is 11.3 Å². The average Bonchev–Trinajstić information content (AvgIpc) is 2.36. The van der Waals surface area contributed by atoms with Crippen molar-refractivity contribution in [2.45, 2.75) is 39.7 Å². The Morgan fingerprint density at radius 3 is 2.48 bits per heavy atom. The molecule has 7 heteroatoms.